The normalized spacial score (nSPS) is 24.9. The largest absolute Gasteiger partial charge is 0.392 e. The fourth-order valence-corrected chi connectivity index (χ4v) is 3.57. The van der Waals surface area contributed by atoms with Crippen molar-refractivity contribution in [3.05, 3.63) is 34.4 Å². The van der Waals surface area contributed by atoms with Crippen molar-refractivity contribution in [2.75, 3.05) is 0 Å². The Morgan fingerprint density at radius 1 is 1.00 bits per heavy atom. The molecule has 0 saturated heterocycles. The van der Waals surface area contributed by atoms with Crippen molar-refractivity contribution >= 4 is 0 Å². The molecular weight excluding hydrogens is 275 g/mol. The number of aryl methyl sites for hydroxylation is 3. The SMILES string of the molecule is Cc1cc(C)c(C(N)C2CCCCC2C(F)(F)F)cc1C. The summed E-state index contributed by atoms with van der Waals surface area (Å²) in [6.45, 7) is 5.93. The van der Waals surface area contributed by atoms with Crippen molar-refractivity contribution in [1.29, 1.82) is 0 Å². The standard InChI is InChI=1S/C17H24F3N/c1-10-8-12(3)14(9-11(10)2)16(21)13-6-4-5-7-15(13)17(18,19)20/h8-9,13,15-16H,4-7,21H2,1-3H3. The van der Waals surface area contributed by atoms with Gasteiger partial charge in [0, 0.05) is 6.04 Å². The quantitative estimate of drug-likeness (QED) is 0.819. The summed E-state index contributed by atoms with van der Waals surface area (Å²) in [6, 6.07) is 3.46. The maximum absolute atomic E-state index is 13.3. The van der Waals surface area contributed by atoms with E-state index in [0.29, 0.717) is 12.8 Å². The van der Waals surface area contributed by atoms with Gasteiger partial charge in [0.05, 0.1) is 5.92 Å². The zero-order valence-corrected chi connectivity index (χ0v) is 12.9. The Hall–Kier alpha value is -1.03. The summed E-state index contributed by atoms with van der Waals surface area (Å²) in [4.78, 5) is 0. The van der Waals surface area contributed by atoms with Crippen LogP contribution in [0.5, 0.6) is 0 Å². The van der Waals surface area contributed by atoms with Crippen LogP contribution in [0.3, 0.4) is 0 Å². The summed E-state index contributed by atoms with van der Waals surface area (Å²) in [7, 11) is 0. The van der Waals surface area contributed by atoms with Gasteiger partial charge in [0.1, 0.15) is 0 Å². The molecule has 3 unspecified atom stereocenters. The molecule has 0 aromatic heterocycles. The van der Waals surface area contributed by atoms with E-state index in [-0.39, 0.29) is 6.42 Å². The second kappa shape index (κ2) is 5.99. The lowest BCUT2D eigenvalue weighted by Crippen LogP contribution is -2.39. The minimum atomic E-state index is -4.14. The van der Waals surface area contributed by atoms with Crippen LogP contribution in [0.4, 0.5) is 13.2 Å². The minimum absolute atomic E-state index is 0.214. The van der Waals surface area contributed by atoms with E-state index in [2.05, 4.69) is 0 Å². The number of hydrogen-bond donors (Lipinski definition) is 1. The third-order valence-corrected chi connectivity index (χ3v) is 4.94. The van der Waals surface area contributed by atoms with Gasteiger partial charge >= 0.3 is 6.18 Å². The fourth-order valence-electron chi connectivity index (χ4n) is 3.57. The fraction of sp³-hybridized carbons (Fsp3) is 0.647. The molecule has 0 heterocycles. The Bertz CT molecular complexity index is 507. The molecule has 3 atom stereocenters. The van der Waals surface area contributed by atoms with Gasteiger partial charge in [-0.3, -0.25) is 0 Å². The van der Waals surface area contributed by atoms with E-state index in [1.54, 1.807) is 0 Å². The van der Waals surface area contributed by atoms with Gasteiger partial charge in [-0.05, 0) is 61.8 Å². The van der Waals surface area contributed by atoms with Gasteiger partial charge in [-0.1, -0.05) is 25.0 Å². The molecule has 1 aliphatic carbocycles. The molecule has 21 heavy (non-hydrogen) atoms. The van der Waals surface area contributed by atoms with Crippen LogP contribution in [0.1, 0.15) is 54.0 Å². The Morgan fingerprint density at radius 2 is 1.57 bits per heavy atom. The van der Waals surface area contributed by atoms with Crippen LogP contribution >= 0.6 is 0 Å². The number of alkyl halides is 3. The van der Waals surface area contributed by atoms with Crippen molar-refractivity contribution < 1.29 is 13.2 Å². The summed E-state index contributed by atoms with van der Waals surface area (Å²) >= 11 is 0. The molecule has 1 nitrogen and oxygen atoms in total. The van der Waals surface area contributed by atoms with Crippen molar-refractivity contribution in [3.8, 4) is 0 Å². The van der Waals surface area contributed by atoms with E-state index in [1.807, 2.05) is 32.9 Å². The molecule has 1 aromatic carbocycles. The zero-order chi connectivity index (χ0) is 15.8. The zero-order valence-electron chi connectivity index (χ0n) is 12.9. The summed E-state index contributed by atoms with van der Waals surface area (Å²) < 4.78 is 39.8. The lowest BCUT2D eigenvalue weighted by molar-refractivity contribution is -0.198. The third kappa shape index (κ3) is 3.42. The molecule has 0 bridgehead atoms. The molecule has 4 heteroatoms. The van der Waals surface area contributed by atoms with Crippen LogP contribution < -0.4 is 5.73 Å². The molecule has 2 rings (SSSR count). The van der Waals surface area contributed by atoms with Gasteiger partial charge in [-0.15, -0.1) is 0 Å². The van der Waals surface area contributed by atoms with E-state index in [0.717, 1.165) is 28.7 Å². The molecule has 1 aromatic rings. The summed E-state index contributed by atoms with van der Waals surface area (Å²) in [5, 5.41) is 0. The van der Waals surface area contributed by atoms with Crippen LogP contribution in [0.25, 0.3) is 0 Å². The molecule has 1 aliphatic rings. The van der Waals surface area contributed by atoms with Gasteiger partial charge in [0.25, 0.3) is 0 Å². The molecule has 0 spiro atoms. The smallest absolute Gasteiger partial charge is 0.324 e. The third-order valence-electron chi connectivity index (χ3n) is 4.94. The molecular formula is C17H24F3N. The lowest BCUT2D eigenvalue weighted by atomic mass is 9.72. The molecule has 0 amide bonds. The van der Waals surface area contributed by atoms with Crippen LogP contribution in [0, 0.1) is 32.6 Å². The van der Waals surface area contributed by atoms with Crippen LogP contribution in [0.15, 0.2) is 12.1 Å². The molecule has 1 saturated carbocycles. The van der Waals surface area contributed by atoms with Gasteiger partial charge in [0.15, 0.2) is 0 Å². The average Bonchev–Trinajstić information content (AvgIpc) is 2.41. The first-order valence-electron chi connectivity index (χ1n) is 7.62. The Balaban J connectivity index is 2.33. The Kier molecular flexibility index (Phi) is 4.66. The lowest BCUT2D eigenvalue weighted by Gasteiger charge is -2.37. The molecule has 0 aliphatic heterocycles. The highest BCUT2D eigenvalue weighted by Gasteiger charge is 2.47. The second-order valence-corrected chi connectivity index (χ2v) is 6.42. The van der Waals surface area contributed by atoms with Crippen molar-refractivity contribution in [2.45, 2.75) is 58.7 Å². The highest BCUT2D eigenvalue weighted by Crippen LogP contribution is 2.46. The summed E-state index contributed by atoms with van der Waals surface area (Å²) in [6.07, 6.45) is -1.87. The van der Waals surface area contributed by atoms with E-state index in [9.17, 15) is 13.2 Å². The maximum atomic E-state index is 13.3. The van der Waals surface area contributed by atoms with E-state index in [4.69, 9.17) is 5.73 Å². The minimum Gasteiger partial charge on any atom is -0.324 e. The Morgan fingerprint density at radius 3 is 2.19 bits per heavy atom. The Labute approximate surface area is 124 Å². The molecule has 118 valence electrons. The summed E-state index contributed by atoms with van der Waals surface area (Å²) in [5.74, 6) is -1.76. The monoisotopic (exact) mass is 299 g/mol. The first-order chi connectivity index (χ1) is 9.71. The number of nitrogens with two attached hydrogens (primary N) is 1. The van der Waals surface area contributed by atoms with Crippen LogP contribution in [-0.2, 0) is 0 Å². The number of hydrogen-bond acceptors (Lipinski definition) is 1. The van der Waals surface area contributed by atoms with Crippen molar-refractivity contribution in [2.24, 2.45) is 17.6 Å². The first-order valence-corrected chi connectivity index (χ1v) is 7.62. The first kappa shape index (κ1) is 16.3. The van der Waals surface area contributed by atoms with Gasteiger partial charge < -0.3 is 5.73 Å². The summed E-state index contributed by atoms with van der Waals surface area (Å²) in [5.41, 5.74) is 10.4. The maximum Gasteiger partial charge on any atom is 0.392 e. The van der Waals surface area contributed by atoms with E-state index >= 15 is 0 Å². The number of halogens is 3. The van der Waals surface area contributed by atoms with E-state index in [1.165, 1.54) is 0 Å². The van der Waals surface area contributed by atoms with Crippen molar-refractivity contribution in [1.82, 2.24) is 0 Å². The number of rotatable bonds is 2. The van der Waals surface area contributed by atoms with E-state index < -0.39 is 24.1 Å². The van der Waals surface area contributed by atoms with Crippen LogP contribution in [0.2, 0.25) is 0 Å². The van der Waals surface area contributed by atoms with Gasteiger partial charge in [-0.2, -0.15) is 13.2 Å². The predicted octanol–water partition coefficient (Wildman–Crippen LogP) is 4.98. The number of benzene rings is 1. The second-order valence-electron chi connectivity index (χ2n) is 6.42. The highest BCUT2D eigenvalue weighted by atomic mass is 19.4. The van der Waals surface area contributed by atoms with Crippen molar-refractivity contribution in [3.63, 3.8) is 0 Å². The molecule has 2 N–H and O–H groups in total. The van der Waals surface area contributed by atoms with Gasteiger partial charge in [0.2, 0.25) is 0 Å². The molecule has 1 fully saturated rings. The average molecular weight is 299 g/mol. The predicted molar refractivity (Wildman–Crippen MR) is 79.1 cm³/mol. The van der Waals surface area contributed by atoms with Gasteiger partial charge in [-0.25, -0.2) is 0 Å². The highest BCUT2D eigenvalue weighted by molar-refractivity contribution is 5.38. The van der Waals surface area contributed by atoms with Crippen LogP contribution in [-0.4, -0.2) is 6.18 Å². The molecule has 0 radical (unpaired) electrons. The topological polar surface area (TPSA) is 26.0 Å².